The Morgan fingerprint density at radius 2 is 1.40 bits per heavy atom. The topological polar surface area (TPSA) is 148 Å². The van der Waals surface area contributed by atoms with Crippen molar-refractivity contribution >= 4 is 41.1 Å². The van der Waals surface area contributed by atoms with Crippen molar-refractivity contribution in [3.05, 3.63) is 167 Å². The molecule has 5 aromatic carbocycles. The standard InChI is InChI=1S/C42H32F3N5O5/c43-42(44,45)40(54)55-36(51)25-35(30-13-4-1-5-14-30)50-37(31-15-6-2-7-16-31)39(53)49(32-17-8-3-9-18-32)34-22-21-28(24-33(34)38(50)52)20-19-27-11-10-12-29(23-27)26-48-41(46)47/h1-18,21-24,35,37H,25-26H2,(H4,46,47,48). The van der Waals surface area contributed by atoms with Crippen LogP contribution in [0, 0.1) is 11.8 Å². The van der Waals surface area contributed by atoms with Crippen molar-refractivity contribution in [2.24, 2.45) is 16.5 Å². The maximum Gasteiger partial charge on any atom is 0.491 e. The number of amides is 2. The van der Waals surface area contributed by atoms with E-state index >= 15 is 9.59 Å². The van der Waals surface area contributed by atoms with Gasteiger partial charge in [-0.1, -0.05) is 103 Å². The fraction of sp³-hybridized carbons (Fsp3) is 0.119. The monoisotopic (exact) mass is 743 g/mol. The fourth-order valence-corrected chi connectivity index (χ4v) is 6.19. The summed E-state index contributed by atoms with van der Waals surface area (Å²) >= 11 is 0. The molecule has 2 atom stereocenters. The fourth-order valence-electron chi connectivity index (χ4n) is 6.19. The van der Waals surface area contributed by atoms with E-state index in [0.29, 0.717) is 27.9 Å². The van der Waals surface area contributed by atoms with Crippen molar-refractivity contribution in [2.45, 2.75) is 31.2 Å². The van der Waals surface area contributed by atoms with Crippen LogP contribution in [0.15, 0.2) is 138 Å². The average molecular weight is 744 g/mol. The Hall–Kier alpha value is -7.20. The molecule has 5 aromatic rings. The van der Waals surface area contributed by atoms with Gasteiger partial charge in [0.05, 0.1) is 30.3 Å². The number of hydrogen-bond donors (Lipinski definition) is 2. The predicted octanol–water partition coefficient (Wildman–Crippen LogP) is 6.49. The molecule has 0 saturated heterocycles. The van der Waals surface area contributed by atoms with Crippen LogP contribution in [0.4, 0.5) is 24.5 Å². The molecule has 0 spiro atoms. The van der Waals surface area contributed by atoms with Crippen molar-refractivity contribution in [3.8, 4) is 11.8 Å². The summed E-state index contributed by atoms with van der Waals surface area (Å²) < 4.78 is 43.7. The highest BCUT2D eigenvalue weighted by atomic mass is 19.4. The van der Waals surface area contributed by atoms with Gasteiger partial charge in [0.2, 0.25) is 0 Å². The van der Waals surface area contributed by atoms with Gasteiger partial charge in [0.15, 0.2) is 5.96 Å². The molecule has 0 radical (unpaired) electrons. The van der Waals surface area contributed by atoms with Crippen LogP contribution >= 0.6 is 0 Å². The highest BCUT2D eigenvalue weighted by Crippen LogP contribution is 2.43. The van der Waals surface area contributed by atoms with Crippen LogP contribution in [-0.2, 0) is 25.7 Å². The van der Waals surface area contributed by atoms with Crippen LogP contribution in [0.5, 0.6) is 0 Å². The zero-order valence-electron chi connectivity index (χ0n) is 28.9. The Kier molecular flexibility index (Phi) is 11.1. The number of ether oxygens (including phenoxy) is 1. The van der Waals surface area contributed by atoms with Gasteiger partial charge in [-0.3, -0.25) is 19.3 Å². The minimum absolute atomic E-state index is 0.0182. The van der Waals surface area contributed by atoms with E-state index in [0.717, 1.165) is 5.56 Å². The van der Waals surface area contributed by atoms with E-state index in [4.69, 9.17) is 11.5 Å². The van der Waals surface area contributed by atoms with Gasteiger partial charge in [-0.2, -0.15) is 13.2 Å². The van der Waals surface area contributed by atoms with Crippen LogP contribution in [0.2, 0.25) is 0 Å². The summed E-state index contributed by atoms with van der Waals surface area (Å²) in [5.41, 5.74) is 14.1. The number of alkyl halides is 3. The van der Waals surface area contributed by atoms with E-state index in [1.807, 2.05) is 12.1 Å². The lowest BCUT2D eigenvalue weighted by Crippen LogP contribution is -2.44. The minimum Gasteiger partial charge on any atom is -0.386 e. The number of carbonyl (C=O) groups excluding carboxylic acids is 4. The quantitative estimate of drug-likeness (QED) is 0.0608. The first-order valence-electron chi connectivity index (χ1n) is 16.8. The number of hydrogen-bond acceptors (Lipinski definition) is 6. The van der Waals surface area contributed by atoms with Crippen LogP contribution in [0.1, 0.15) is 56.7 Å². The molecule has 10 nitrogen and oxygen atoms in total. The second-order valence-electron chi connectivity index (χ2n) is 12.3. The van der Waals surface area contributed by atoms with Gasteiger partial charge in [0.1, 0.15) is 6.04 Å². The highest BCUT2D eigenvalue weighted by molar-refractivity contribution is 6.14. The molecule has 0 aliphatic carbocycles. The van der Waals surface area contributed by atoms with Gasteiger partial charge in [0, 0.05) is 16.8 Å². The Morgan fingerprint density at radius 1 is 0.782 bits per heavy atom. The van der Waals surface area contributed by atoms with E-state index < -0.39 is 48.4 Å². The molecule has 1 aliphatic rings. The number of aliphatic imine (C=N–C) groups is 1. The number of nitrogens with zero attached hydrogens (tertiary/aromatic N) is 3. The van der Waals surface area contributed by atoms with E-state index in [2.05, 4.69) is 21.6 Å². The summed E-state index contributed by atoms with van der Waals surface area (Å²) in [5, 5.41) is 0. The molecule has 55 heavy (non-hydrogen) atoms. The largest absolute Gasteiger partial charge is 0.491 e. The second-order valence-corrected chi connectivity index (χ2v) is 12.3. The molecule has 6 rings (SSSR count). The van der Waals surface area contributed by atoms with Crippen LogP contribution < -0.4 is 16.4 Å². The Bertz CT molecular complexity index is 2320. The van der Waals surface area contributed by atoms with Crippen LogP contribution in [0.3, 0.4) is 0 Å². The molecule has 1 aliphatic heterocycles. The number of nitrogens with two attached hydrogens (primary N) is 2. The highest BCUT2D eigenvalue weighted by Gasteiger charge is 2.47. The number of esters is 2. The summed E-state index contributed by atoms with van der Waals surface area (Å²) in [7, 11) is 0. The van der Waals surface area contributed by atoms with Crippen molar-refractivity contribution < 1.29 is 37.1 Å². The average Bonchev–Trinajstić information content (AvgIpc) is 3.27. The van der Waals surface area contributed by atoms with E-state index in [-0.39, 0.29) is 23.8 Å². The summed E-state index contributed by atoms with van der Waals surface area (Å²) in [6.45, 7) is 0.244. The zero-order chi connectivity index (χ0) is 39.1. The van der Waals surface area contributed by atoms with Crippen LogP contribution in [0.25, 0.3) is 0 Å². The number of carbonyl (C=O) groups is 4. The molecule has 1 heterocycles. The van der Waals surface area contributed by atoms with Crippen molar-refractivity contribution in [3.63, 3.8) is 0 Å². The molecule has 0 bridgehead atoms. The maximum absolute atomic E-state index is 15.2. The number of halogens is 3. The Balaban J connectivity index is 1.53. The van der Waals surface area contributed by atoms with Crippen LogP contribution in [-0.4, -0.2) is 40.8 Å². The molecule has 2 unspecified atom stereocenters. The molecule has 2 amide bonds. The maximum atomic E-state index is 15.2. The number of para-hydroxylation sites is 1. The predicted molar refractivity (Wildman–Crippen MR) is 198 cm³/mol. The van der Waals surface area contributed by atoms with E-state index in [9.17, 15) is 22.8 Å². The zero-order valence-corrected chi connectivity index (χ0v) is 28.9. The number of fused-ring (bicyclic) bond motifs is 1. The number of benzene rings is 5. The summed E-state index contributed by atoms with van der Waals surface area (Å²) in [6.07, 6.45) is -6.34. The number of rotatable bonds is 8. The first-order chi connectivity index (χ1) is 26.4. The molecule has 4 N–H and O–H groups in total. The third-order valence-electron chi connectivity index (χ3n) is 8.61. The van der Waals surface area contributed by atoms with Crippen molar-refractivity contribution in [2.75, 3.05) is 4.90 Å². The molecule has 0 aromatic heterocycles. The van der Waals surface area contributed by atoms with Crippen molar-refractivity contribution in [1.82, 2.24) is 4.90 Å². The van der Waals surface area contributed by atoms with E-state index in [1.54, 1.807) is 115 Å². The molecular weight excluding hydrogens is 711 g/mol. The third-order valence-corrected chi connectivity index (χ3v) is 8.61. The Morgan fingerprint density at radius 3 is 2.04 bits per heavy atom. The summed E-state index contributed by atoms with van der Waals surface area (Å²) in [4.78, 5) is 61.7. The summed E-state index contributed by atoms with van der Waals surface area (Å²) in [6, 6.07) is 34.2. The number of guanidine groups is 1. The Labute approximate surface area is 313 Å². The van der Waals surface area contributed by atoms with Crippen molar-refractivity contribution in [1.29, 1.82) is 0 Å². The van der Waals surface area contributed by atoms with Gasteiger partial charge < -0.3 is 21.1 Å². The minimum atomic E-state index is -5.45. The SMILES string of the molecule is NC(N)=NCc1cccc(C#Cc2ccc3c(c2)C(=O)N(C(CC(=O)OC(=O)C(F)(F)F)c2ccccc2)C(c2ccccc2)C(=O)N3c2ccccc2)c1. The lowest BCUT2D eigenvalue weighted by molar-refractivity contribution is -0.202. The van der Waals surface area contributed by atoms with E-state index in [1.165, 1.54) is 15.9 Å². The second kappa shape index (κ2) is 16.2. The molecule has 13 heteroatoms. The molecule has 0 saturated carbocycles. The lowest BCUT2D eigenvalue weighted by Gasteiger charge is -2.37. The lowest BCUT2D eigenvalue weighted by atomic mass is 9.95. The van der Waals surface area contributed by atoms with Gasteiger partial charge in [-0.25, -0.2) is 9.79 Å². The number of anilines is 2. The normalized spacial score (nSPS) is 14.5. The summed E-state index contributed by atoms with van der Waals surface area (Å²) in [5.74, 6) is 0.512. The first kappa shape index (κ1) is 37.6. The molecular formula is C42H32F3N5O5. The molecule has 276 valence electrons. The van der Waals surface area contributed by atoms with Gasteiger partial charge >= 0.3 is 18.1 Å². The van der Waals surface area contributed by atoms with Gasteiger partial charge in [0.25, 0.3) is 11.8 Å². The van der Waals surface area contributed by atoms with Gasteiger partial charge in [-0.05, 0) is 59.2 Å². The molecule has 0 fully saturated rings. The van der Waals surface area contributed by atoms with Gasteiger partial charge in [-0.15, -0.1) is 0 Å². The third kappa shape index (κ3) is 8.72. The first-order valence-corrected chi connectivity index (χ1v) is 16.8. The smallest absolute Gasteiger partial charge is 0.386 e.